The van der Waals surface area contributed by atoms with Crippen LogP contribution in [0.1, 0.15) is 17.7 Å². The Hall–Kier alpha value is -1.97. The van der Waals surface area contributed by atoms with E-state index >= 15 is 0 Å². The molecule has 2 rings (SSSR count). The number of guanidine groups is 1. The Morgan fingerprint density at radius 1 is 1.15 bits per heavy atom. The topological polar surface area (TPSA) is 72.7 Å². The van der Waals surface area contributed by atoms with Crippen LogP contribution < -0.4 is 20.1 Å². The van der Waals surface area contributed by atoms with Crippen LogP contribution in [0.3, 0.4) is 0 Å². The van der Waals surface area contributed by atoms with E-state index in [4.69, 9.17) is 9.47 Å². The number of halogens is 1. The van der Waals surface area contributed by atoms with E-state index in [1.54, 1.807) is 27.5 Å². The molecule has 26 heavy (non-hydrogen) atoms. The Morgan fingerprint density at radius 3 is 2.54 bits per heavy atom. The van der Waals surface area contributed by atoms with Gasteiger partial charge >= 0.3 is 0 Å². The van der Waals surface area contributed by atoms with Crippen molar-refractivity contribution < 1.29 is 9.47 Å². The average molecular weight is 473 g/mol. The van der Waals surface area contributed by atoms with Crippen LogP contribution in [0.5, 0.6) is 11.5 Å². The summed E-state index contributed by atoms with van der Waals surface area (Å²) in [7, 11) is 7.00. The molecule has 1 aromatic heterocycles. The fourth-order valence-corrected chi connectivity index (χ4v) is 2.51. The van der Waals surface area contributed by atoms with Crippen LogP contribution in [-0.2, 0) is 20.0 Å². The van der Waals surface area contributed by atoms with Crippen molar-refractivity contribution >= 4 is 29.9 Å². The number of rotatable bonds is 8. The van der Waals surface area contributed by atoms with Crippen molar-refractivity contribution in [3.05, 3.63) is 41.7 Å². The van der Waals surface area contributed by atoms with Crippen LogP contribution in [0.15, 0.2) is 35.5 Å². The minimum Gasteiger partial charge on any atom is -0.493 e. The zero-order chi connectivity index (χ0) is 18.1. The maximum absolute atomic E-state index is 5.34. The zero-order valence-corrected chi connectivity index (χ0v) is 18.1. The molecular weight excluding hydrogens is 445 g/mol. The maximum Gasteiger partial charge on any atom is 0.191 e. The second-order valence-corrected chi connectivity index (χ2v) is 5.59. The number of aliphatic imine (C=N–C) groups is 1. The largest absolute Gasteiger partial charge is 0.493 e. The Balaban J connectivity index is 0.00000338. The highest BCUT2D eigenvalue weighted by Crippen LogP contribution is 2.27. The van der Waals surface area contributed by atoms with Gasteiger partial charge in [0.25, 0.3) is 0 Å². The molecule has 0 aliphatic carbocycles. The van der Waals surface area contributed by atoms with Gasteiger partial charge in [0.2, 0.25) is 0 Å². The third-order valence-electron chi connectivity index (χ3n) is 3.97. The lowest BCUT2D eigenvalue weighted by atomic mass is 10.1. The van der Waals surface area contributed by atoms with E-state index in [9.17, 15) is 0 Å². The van der Waals surface area contributed by atoms with E-state index < -0.39 is 0 Å². The minimum atomic E-state index is 0. The fraction of sp³-hybridized carbons (Fsp3) is 0.444. The number of benzene rings is 1. The molecule has 0 spiro atoms. The van der Waals surface area contributed by atoms with Gasteiger partial charge < -0.3 is 20.1 Å². The maximum atomic E-state index is 5.34. The van der Waals surface area contributed by atoms with Crippen molar-refractivity contribution in [1.29, 1.82) is 0 Å². The van der Waals surface area contributed by atoms with Gasteiger partial charge in [0.15, 0.2) is 17.5 Å². The van der Waals surface area contributed by atoms with Gasteiger partial charge in [-0.25, -0.2) is 0 Å². The predicted molar refractivity (Wildman–Crippen MR) is 115 cm³/mol. The van der Waals surface area contributed by atoms with Crippen LogP contribution in [0, 0.1) is 0 Å². The number of nitrogens with one attached hydrogen (secondary N) is 2. The standard InChI is InChI=1S/C18H27N5O2.HI/c1-19-18(21-13-15-9-11-22-23(15)2)20-10-5-6-14-7-8-16(24-3)17(12-14)25-4;/h7-9,11-12H,5-6,10,13H2,1-4H3,(H2,19,20,21);1H. The molecule has 8 heteroatoms. The summed E-state index contributed by atoms with van der Waals surface area (Å²) >= 11 is 0. The molecule has 144 valence electrons. The third-order valence-corrected chi connectivity index (χ3v) is 3.97. The molecule has 0 amide bonds. The number of nitrogens with zero attached hydrogens (tertiary/aromatic N) is 3. The van der Waals surface area contributed by atoms with E-state index in [-0.39, 0.29) is 24.0 Å². The summed E-state index contributed by atoms with van der Waals surface area (Å²) in [5, 5.41) is 10.8. The summed E-state index contributed by atoms with van der Waals surface area (Å²) in [6.45, 7) is 1.52. The number of hydrogen-bond donors (Lipinski definition) is 2. The number of aryl methyl sites for hydroxylation is 2. The summed E-state index contributed by atoms with van der Waals surface area (Å²) in [6.07, 6.45) is 3.73. The highest BCUT2D eigenvalue weighted by molar-refractivity contribution is 14.0. The van der Waals surface area contributed by atoms with E-state index in [1.165, 1.54) is 5.56 Å². The summed E-state index contributed by atoms with van der Waals surface area (Å²) < 4.78 is 12.4. The van der Waals surface area contributed by atoms with Crippen molar-refractivity contribution in [2.24, 2.45) is 12.0 Å². The molecule has 1 aromatic carbocycles. The lowest BCUT2D eigenvalue weighted by molar-refractivity contribution is 0.354. The molecule has 0 aliphatic rings. The van der Waals surface area contributed by atoms with Gasteiger partial charge in [-0.2, -0.15) is 5.10 Å². The predicted octanol–water partition coefficient (Wildman–Crippen LogP) is 2.35. The van der Waals surface area contributed by atoms with Crippen LogP contribution in [-0.4, -0.2) is 43.6 Å². The van der Waals surface area contributed by atoms with Gasteiger partial charge in [-0.3, -0.25) is 9.67 Å². The Morgan fingerprint density at radius 2 is 1.92 bits per heavy atom. The van der Waals surface area contributed by atoms with Gasteiger partial charge in [-0.1, -0.05) is 6.07 Å². The van der Waals surface area contributed by atoms with Crippen LogP contribution >= 0.6 is 24.0 Å². The van der Waals surface area contributed by atoms with Gasteiger partial charge in [0, 0.05) is 26.8 Å². The number of ether oxygens (including phenoxy) is 2. The molecule has 7 nitrogen and oxygen atoms in total. The van der Waals surface area contributed by atoms with E-state index in [1.807, 2.05) is 29.9 Å². The molecule has 2 aromatic rings. The van der Waals surface area contributed by atoms with Crippen molar-refractivity contribution in [1.82, 2.24) is 20.4 Å². The highest BCUT2D eigenvalue weighted by Gasteiger charge is 2.05. The van der Waals surface area contributed by atoms with Crippen LogP contribution in [0.4, 0.5) is 0 Å². The smallest absolute Gasteiger partial charge is 0.191 e. The Kier molecular flexibility index (Phi) is 9.85. The lowest BCUT2D eigenvalue weighted by Crippen LogP contribution is -2.37. The van der Waals surface area contributed by atoms with Crippen LogP contribution in [0.2, 0.25) is 0 Å². The molecule has 2 N–H and O–H groups in total. The second kappa shape index (κ2) is 11.6. The van der Waals surface area contributed by atoms with Crippen molar-refractivity contribution in [3.8, 4) is 11.5 Å². The van der Waals surface area contributed by atoms with Gasteiger partial charge in [0.05, 0.1) is 26.5 Å². The Bertz CT molecular complexity index is 703. The van der Waals surface area contributed by atoms with E-state index in [0.717, 1.165) is 42.5 Å². The molecule has 0 aliphatic heterocycles. The molecule has 0 saturated carbocycles. The van der Waals surface area contributed by atoms with E-state index in [0.29, 0.717) is 6.54 Å². The molecule has 0 bridgehead atoms. The monoisotopic (exact) mass is 473 g/mol. The first-order valence-corrected chi connectivity index (χ1v) is 8.30. The number of aromatic nitrogens is 2. The van der Waals surface area contributed by atoms with Gasteiger partial charge in [0.1, 0.15) is 0 Å². The number of hydrogen-bond acceptors (Lipinski definition) is 4. The third kappa shape index (κ3) is 6.40. The summed E-state index contributed by atoms with van der Waals surface area (Å²) in [6, 6.07) is 8.01. The molecule has 0 unspecified atom stereocenters. The second-order valence-electron chi connectivity index (χ2n) is 5.59. The normalized spacial score (nSPS) is 10.8. The molecular formula is C18H28IN5O2. The average Bonchev–Trinajstić information content (AvgIpc) is 3.05. The summed E-state index contributed by atoms with van der Waals surface area (Å²) in [5.74, 6) is 2.30. The summed E-state index contributed by atoms with van der Waals surface area (Å²) in [5.41, 5.74) is 2.32. The first-order chi connectivity index (χ1) is 12.2. The quantitative estimate of drug-likeness (QED) is 0.267. The first-order valence-electron chi connectivity index (χ1n) is 8.30. The van der Waals surface area contributed by atoms with Gasteiger partial charge in [-0.15, -0.1) is 24.0 Å². The van der Waals surface area contributed by atoms with E-state index in [2.05, 4.69) is 26.8 Å². The molecule has 0 radical (unpaired) electrons. The molecule has 0 fully saturated rings. The summed E-state index contributed by atoms with van der Waals surface area (Å²) in [4.78, 5) is 4.24. The fourth-order valence-electron chi connectivity index (χ4n) is 2.51. The molecule has 0 saturated heterocycles. The number of methoxy groups -OCH3 is 2. The molecule has 0 atom stereocenters. The first kappa shape index (κ1) is 22.1. The van der Waals surface area contributed by atoms with Crippen molar-refractivity contribution in [2.45, 2.75) is 19.4 Å². The van der Waals surface area contributed by atoms with Crippen molar-refractivity contribution in [2.75, 3.05) is 27.8 Å². The van der Waals surface area contributed by atoms with Crippen molar-refractivity contribution in [3.63, 3.8) is 0 Å². The SMILES string of the molecule is CN=C(NCCCc1ccc(OC)c(OC)c1)NCc1ccnn1C.I. The van der Waals surface area contributed by atoms with Crippen LogP contribution in [0.25, 0.3) is 0 Å². The Labute approximate surface area is 172 Å². The van der Waals surface area contributed by atoms with Gasteiger partial charge in [-0.05, 0) is 36.6 Å². The molecule has 1 heterocycles. The highest BCUT2D eigenvalue weighted by atomic mass is 127. The minimum absolute atomic E-state index is 0. The lowest BCUT2D eigenvalue weighted by Gasteiger charge is -2.12. The zero-order valence-electron chi connectivity index (χ0n) is 15.8.